The van der Waals surface area contributed by atoms with Crippen molar-refractivity contribution in [1.82, 2.24) is 0 Å². The molecule has 0 saturated heterocycles. The van der Waals surface area contributed by atoms with Gasteiger partial charge in [-0.15, -0.1) is 0 Å². The molecule has 1 aliphatic rings. The van der Waals surface area contributed by atoms with Crippen LogP contribution in [0.2, 0.25) is 0 Å². The quantitative estimate of drug-likeness (QED) is 0.493. The average molecular weight is 136 g/mol. The smallest absolute Gasteiger partial charge is 0.258 e. The highest BCUT2D eigenvalue weighted by atomic mass is 35.5. The molecule has 0 aromatic heterocycles. The van der Waals surface area contributed by atoms with Gasteiger partial charge in [0.05, 0.1) is 5.75 Å². The lowest BCUT2D eigenvalue weighted by molar-refractivity contribution is -0.115. The third-order valence-electron chi connectivity index (χ3n) is 0.527. The van der Waals surface area contributed by atoms with E-state index >= 15 is 0 Å². The van der Waals surface area contributed by atoms with E-state index in [1.807, 2.05) is 0 Å². The largest absolute Gasteiger partial charge is 0.272 e. The second-order valence-corrected chi connectivity index (χ2v) is 2.59. The summed E-state index contributed by atoms with van der Waals surface area (Å²) in [6.45, 7) is 0. The summed E-state index contributed by atoms with van der Waals surface area (Å²) in [6, 6.07) is 0. The minimum Gasteiger partial charge on any atom is -0.272 e. The second-order valence-electron chi connectivity index (χ2n) is 1.05. The van der Waals surface area contributed by atoms with Gasteiger partial charge < -0.3 is 0 Å². The van der Waals surface area contributed by atoms with Crippen LogP contribution in [0.15, 0.2) is 4.99 Å². The number of hydrogen-bond acceptors (Lipinski definition) is 2. The van der Waals surface area contributed by atoms with Gasteiger partial charge in [-0.3, -0.25) is 4.79 Å². The minimum absolute atomic E-state index is 0.130. The van der Waals surface area contributed by atoms with E-state index in [1.165, 1.54) is 11.8 Å². The third-order valence-corrected chi connectivity index (χ3v) is 1.66. The molecule has 0 unspecified atom stereocenters. The number of hydrogen-bond donors (Lipinski definition) is 0. The Bertz CT molecular complexity index is 133. The predicted octanol–water partition coefficient (Wildman–Crippen LogP) is 0.855. The van der Waals surface area contributed by atoms with Crippen LogP contribution in [0.3, 0.4) is 0 Å². The Kier molecular flexibility index (Phi) is 1.35. The predicted molar refractivity (Wildman–Crippen MR) is 30.8 cm³/mol. The van der Waals surface area contributed by atoms with E-state index in [4.69, 9.17) is 11.6 Å². The summed E-state index contributed by atoms with van der Waals surface area (Å²) in [5.74, 6) is 0.286. The zero-order valence-electron chi connectivity index (χ0n) is 3.35. The number of carbonyl (C=O) groups is 1. The van der Waals surface area contributed by atoms with Crippen LogP contribution in [-0.2, 0) is 4.79 Å². The number of nitrogens with zero attached hydrogens (tertiary/aromatic N) is 1. The van der Waals surface area contributed by atoms with Gasteiger partial charge in [-0.25, -0.2) is 0 Å². The first-order chi connectivity index (χ1) is 3.29. The Morgan fingerprint density at radius 3 is 2.71 bits per heavy atom. The lowest BCUT2D eigenvalue weighted by Gasteiger charge is -1.71. The molecule has 7 heavy (non-hydrogen) atoms. The molecule has 2 nitrogen and oxygen atoms in total. The van der Waals surface area contributed by atoms with Gasteiger partial charge in [-0.2, -0.15) is 4.99 Å². The maximum absolute atomic E-state index is 10.2. The van der Waals surface area contributed by atoms with Crippen molar-refractivity contribution in [3.63, 3.8) is 0 Å². The first-order valence-corrected chi connectivity index (χ1v) is 3.05. The molecule has 4 heteroatoms. The van der Waals surface area contributed by atoms with Crippen molar-refractivity contribution in [2.75, 3.05) is 5.75 Å². The number of rotatable bonds is 0. The van der Waals surface area contributed by atoms with Crippen LogP contribution in [0.5, 0.6) is 0 Å². The maximum atomic E-state index is 10.2. The van der Waals surface area contributed by atoms with E-state index in [0.717, 1.165) is 0 Å². The molecule has 0 aliphatic carbocycles. The molecule has 1 amide bonds. The molecule has 1 aliphatic heterocycles. The summed E-state index contributed by atoms with van der Waals surface area (Å²) in [5.41, 5.74) is 0. The lowest BCUT2D eigenvalue weighted by atomic mass is 10.8. The summed E-state index contributed by atoms with van der Waals surface area (Å²) >= 11 is 6.57. The molecular formula is C3H2ClNOS. The van der Waals surface area contributed by atoms with Crippen molar-refractivity contribution in [2.45, 2.75) is 0 Å². The summed E-state index contributed by atoms with van der Waals surface area (Å²) in [4.78, 5) is 13.6. The standard InChI is InChI=1S/C3H2ClNOS/c4-3-5-2(6)1-7-3/h1H2. The van der Waals surface area contributed by atoms with Gasteiger partial charge in [0, 0.05) is 0 Å². The minimum atomic E-state index is -0.130. The molecule has 0 bridgehead atoms. The van der Waals surface area contributed by atoms with Gasteiger partial charge in [0.25, 0.3) is 5.91 Å². The average Bonchev–Trinajstić information content (AvgIpc) is 1.87. The van der Waals surface area contributed by atoms with Crippen molar-refractivity contribution >= 4 is 33.8 Å². The van der Waals surface area contributed by atoms with Crippen molar-refractivity contribution in [3.05, 3.63) is 0 Å². The lowest BCUT2D eigenvalue weighted by Crippen LogP contribution is -1.86. The van der Waals surface area contributed by atoms with Crippen molar-refractivity contribution in [2.24, 2.45) is 4.99 Å². The molecule has 0 saturated carbocycles. The summed E-state index contributed by atoms with van der Waals surface area (Å²) < 4.78 is 0.366. The Hall–Kier alpha value is -0.0200. The van der Waals surface area contributed by atoms with Crippen molar-refractivity contribution in [3.8, 4) is 0 Å². The van der Waals surface area contributed by atoms with Crippen LogP contribution < -0.4 is 0 Å². The molecule has 0 N–H and O–H groups in total. The van der Waals surface area contributed by atoms with Gasteiger partial charge in [0.1, 0.15) is 0 Å². The zero-order valence-corrected chi connectivity index (χ0v) is 4.92. The molecule has 0 aromatic carbocycles. The Morgan fingerprint density at radius 1 is 1.86 bits per heavy atom. The highest BCUT2D eigenvalue weighted by Gasteiger charge is 2.10. The van der Waals surface area contributed by atoms with E-state index in [0.29, 0.717) is 10.3 Å². The summed E-state index contributed by atoms with van der Waals surface area (Å²) in [6.07, 6.45) is 0. The van der Waals surface area contributed by atoms with E-state index < -0.39 is 0 Å². The van der Waals surface area contributed by atoms with Crippen LogP contribution in [0, 0.1) is 0 Å². The first-order valence-electron chi connectivity index (χ1n) is 1.69. The molecule has 1 heterocycles. The second kappa shape index (κ2) is 1.84. The van der Waals surface area contributed by atoms with Crippen molar-refractivity contribution in [1.29, 1.82) is 0 Å². The molecule has 0 radical (unpaired) electrons. The molecule has 0 atom stereocenters. The first kappa shape index (κ1) is 5.12. The van der Waals surface area contributed by atoms with E-state index in [1.54, 1.807) is 0 Å². The number of carbonyl (C=O) groups excluding carboxylic acids is 1. The Balaban J connectivity index is 2.67. The van der Waals surface area contributed by atoms with Crippen LogP contribution in [0.25, 0.3) is 0 Å². The van der Waals surface area contributed by atoms with E-state index in [-0.39, 0.29) is 5.91 Å². The molecule has 1 rings (SSSR count). The fourth-order valence-electron chi connectivity index (χ4n) is 0.284. The Morgan fingerprint density at radius 2 is 2.57 bits per heavy atom. The topological polar surface area (TPSA) is 29.4 Å². The molecule has 0 fully saturated rings. The molecular weight excluding hydrogens is 134 g/mol. The highest BCUT2D eigenvalue weighted by molar-refractivity contribution is 8.17. The number of thioether (sulfide) groups is 1. The zero-order chi connectivity index (χ0) is 5.28. The van der Waals surface area contributed by atoms with Gasteiger partial charge in [-0.1, -0.05) is 23.4 Å². The van der Waals surface area contributed by atoms with Gasteiger partial charge in [0.15, 0.2) is 4.50 Å². The molecule has 0 spiro atoms. The number of halogens is 1. The maximum Gasteiger partial charge on any atom is 0.258 e. The van der Waals surface area contributed by atoms with Gasteiger partial charge in [0.2, 0.25) is 0 Å². The number of aliphatic imine (C=N–C) groups is 1. The highest BCUT2D eigenvalue weighted by Crippen LogP contribution is 2.14. The number of amides is 1. The van der Waals surface area contributed by atoms with Crippen LogP contribution in [0.1, 0.15) is 0 Å². The van der Waals surface area contributed by atoms with E-state index in [9.17, 15) is 4.79 Å². The normalized spacial score (nSPS) is 20.1. The Labute approximate surface area is 49.9 Å². The van der Waals surface area contributed by atoms with Crippen LogP contribution in [-0.4, -0.2) is 16.2 Å². The fraction of sp³-hybridized carbons (Fsp3) is 0.333. The van der Waals surface area contributed by atoms with Gasteiger partial charge >= 0.3 is 0 Å². The summed E-state index contributed by atoms with van der Waals surface area (Å²) in [5, 5.41) is 0. The fourth-order valence-corrected chi connectivity index (χ4v) is 1.02. The van der Waals surface area contributed by atoms with Crippen molar-refractivity contribution < 1.29 is 4.79 Å². The SMILES string of the molecule is O=C1CSC(Cl)=N1. The summed E-state index contributed by atoms with van der Waals surface area (Å²) in [7, 11) is 0. The van der Waals surface area contributed by atoms with Crippen LogP contribution >= 0.6 is 23.4 Å². The van der Waals surface area contributed by atoms with Gasteiger partial charge in [-0.05, 0) is 0 Å². The monoisotopic (exact) mass is 135 g/mol. The third kappa shape index (κ3) is 1.17. The molecule has 0 aromatic rings. The van der Waals surface area contributed by atoms with Crippen LogP contribution in [0.4, 0.5) is 0 Å². The van der Waals surface area contributed by atoms with E-state index in [2.05, 4.69) is 4.99 Å². The molecule has 38 valence electrons.